The number of esters is 1. The molecule has 0 aliphatic carbocycles. The first-order chi connectivity index (χ1) is 34.6. The first-order valence-corrected chi connectivity index (χ1v) is 31.9. The summed E-state index contributed by atoms with van der Waals surface area (Å²) in [5.74, 6) is -0.383. The minimum Gasteiger partial charge on any atom is -0.744 e. The van der Waals surface area contributed by atoms with Gasteiger partial charge in [-0.05, 0) is 117 Å². The van der Waals surface area contributed by atoms with Crippen LogP contribution in [-0.2, 0) is 25.0 Å². The van der Waals surface area contributed by atoms with Gasteiger partial charge in [-0.25, -0.2) is 21.6 Å². The van der Waals surface area contributed by atoms with Crippen LogP contribution in [-0.4, -0.2) is 93.2 Å². The Morgan fingerprint density at radius 2 is 0.833 bits per heavy atom. The number of aliphatic hydroxyl groups excluding tert-OH is 2. The second kappa shape index (κ2) is 33.1. The minimum atomic E-state index is -4.59. The van der Waals surface area contributed by atoms with Crippen molar-refractivity contribution in [2.75, 3.05) is 51.1 Å². The zero-order valence-corrected chi connectivity index (χ0v) is 45.7. The molecule has 0 aliphatic heterocycles. The van der Waals surface area contributed by atoms with Gasteiger partial charge in [0.25, 0.3) is 0 Å². The first kappa shape index (κ1) is 61.5. The monoisotopic (exact) mass is 1060 g/mol. The Hall–Kier alpha value is -4.81. The van der Waals surface area contributed by atoms with Crippen LogP contribution in [0.25, 0.3) is 0 Å². The summed E-state index contributed by atoms with van der Waals surface area (Å²) in [4.78, 5) is 10.5. The van der Waals surface area contributed by atoms with Crippen LogP contribution in [0.1, 0.15) is 89.4 Å². The maximum Gasteiger partial charge on any atom is 0.338 e. The van der Waals surface area contributed by atoms with Crippen LogP contribution in [0.2, 0.25) is 0 Å². The van der Waals surface area contributed by atoms with E-state index in [2.05, 4.69) is 154 Å². The van der Waals surface area contributed by atoms with Crippen LogP contribution in [0.5, 0.6) is 5.75 Å². The highest BCUT2D eigenvalue weighted by Crippen LogP contribution is 2.61. The van der Waals surface area contributed by atoms with Gasteiger partial charge in [0.1, 0.15) is 67.7 Å². The van der Waals surface area contributed by atoms with Crippen molar-refractivity contribution in [1.29, 1.82) is 0 Å². The Labute approximate surface area is 431 Å². The molecule has 0 aromatic heterocycles. The van der Waals surface area contributed by atoms with Crippen molar-refractivity contribution in [2.45, 2.75) is 88.9 Å². The average molecular weight is 1060 g/mol. The van der Waals surface area contributed by atoms with Crippen molar-refractivity contribution in [3.05, 3.63) is 175 Å². The van der Waals surface area contributed by atoms with Gasteiger partial charge in [0.05, 0.1) is 53.2 Å². The van der Waals surface area contributed by atoms with E-state index in [-0.39, 0.29) is 36.9 Å². The topological polar surface area (TPSA) is 190 Å². The van der Waals surface area contributed by atoms with Gasteiger partial charge in [-0.3, -0.25) is 0 Å². The summed E-state index contributed by atoms with van der Waals surface area (Å²) in [6, 6.07) is 53.5. The van der Waals surface area contributed by atoms with Gasteiger partial charge in [0, 0.05) is 7.26 Å². The number of unbranched alkanes of at least 4 members (excludes halogenated alkanes) is 4. The highest BCUT2D eigenvalue weighted by Gasteiger charge is 2.47. The molecule has 390 valence electrons. The predicted molar refractivity (Wildman–Crippen MR) is 296 cm³/mol. The molecule has 0 atom stereocenters. The number of hydrogen-bond donors (Lipinski definition) is 2. The first-order valence-electron chi connectivity index (χ1n) is 24.8. The highest BCUT2D eigenvalue weighted by atomic mass is 32.2. The molecule has 0 fully saturated rings. The van der Waals surface area contributed by atoms with Gasteiger partial charge in [0.15, 0.2) is 0 Å². The lowest BCUT2D eigenvalue weighted by atomic mass is 10.2. The molecule has 15 heteroatoms. The molecule has 11 nitrogen and oxygen atoms in total. The quantitative estimate of drug-likeness (QED) is 0.0333. The van der Waals surface area contributed by atoms with Crippen molar-refractivity contribution in [3.8, 4) is 5.75 Å². The standard InChI is InChI=1S/C24H20P.C16H36P.C9H10O6S.C8H10O5S/c1-5-13-21(14-6-1)25(22-15-7-2-8-16-22,23-17-9-3-10-18-23)24-19-11-4-12-20-24;1-5-9-13-17(14-10-6-2,15-11-7-3)16-12-8-4;10-4-5-15-9(11)7-2-1-3-8(6-7)16(12,13)14;9-5-6-13-7-1-3-8(4-2-7)14(10,11)12/h1-20H;5-16H2,1-4H3;1-3,6,10H,4-5H2,(H,12,13,14);1-4,9H,5-6H2,(H,10,11,12)/q2*+1;;/p-2. The molecular weight excluding hydrogens is 987 g/mol. The molecule has 6 aromatic rings. The Kier molecular flexibility index (Phi) is 28.3. The molecule has 0 unspecified atom stereocenters. The fourth-order valence-corrected chi connectivity index (χ4v) is 18.6. The van der Waals surface area contributed by atoms with Crippen LogP contribution >= 0.6 is 14.5 Å². The second-order valence-electron chi connectivity index (χ2n) is 17.0. The molecule has 0 amide bonds. The number of hydrogen-bond acceptors (Lipinski definition) is 11. The van der Waals surface area contributed by atoms with Crippen LogP contribution in [0.3, 0.4) is 0 Å². The van der Waals surface area contributed by atoms with Crippen LogP contribution in [0.4, 0.5) is 0 Å². The number of rotatable bonds is 24. The molecule has 0 radical (unpaired) electrons. The van der Waals surface area contributed by atoms with Gasteiger partial charge >= 0.3 is 5.97 Å². The lowest BCUT2D eigenvalue weighted by Gasteiger charge is -2.28. The van der Waals surface area contributed by atoms with E-state index in [1.807, 2.05) is 0 Å². The van der Waals surface area contributed by atoms with Crippen molar-refractivity contribution in [2.24, 2.45) is 0 Å². The minimum absolute atomic E-state index is 0.0506. The molecule has 72 heavy (non-hydrogen) atoms. The van der Waals surface area contributed by atoms with Crippen molar-refractivity contribution in [1.82, 2.24) is 0 Å². The van der Waals surface area contributed by atoms with Gasteiger partial charge in [-0.2, -0.15) is 0 Å². The third kappa shape index (κ3) is 20.2. The van der Waals surface area contributed by atoms with E-state index < -0.39 is 45.6 Å². The lowest BCUT2D eigenvalue weighted by Crippen LogP contribution is -2.38. The third-order valence-corrected chi connectivity index (χ3v) is 22.7. The molecule has 2 N–H and O–H groups in total. The maximum absolute atomic E-state index is 11.3. The summed E-state index contributed by atoms with van der Waals surface area (Å²) in [5.41, 5.74) is -0.0506. The van der Waals surface area contributed by atoms with Gasteiger partial charge in [0.2, 0.25) is 0 Å². The summed E-state index contributed by atoms with van der Waals surface area (Å²) in [5, 5.41) is 22.4. The van der Waals surface area contributed by atoms with E-state index in [0.29, 0.717) is 5.75 Å². The lowest BCUT2D eigenvalue weighted by molar-refractivity contribution is 0.0433. The largest absolute Gasteiger partial charge is 0.744 e. The molecule has 0 aliphatic rings. The zero-order valence-electron chi connectivity index (χ0n) is 42.3. The van der Waals surface area contributed by atoms with E-state index >= 15 is 0 Å². The fourth-order valence-electron chi connectivity index (χ4n) is 8.01. The average Bonchev–Trinajstić information content (AvgIpc) is 3.41. The normalized spacial score (nSPS) is 11.4. The number of ether oxygens (including phenoxy) is 2. The molecule has 0 saturated heterocycles. The molecule has 6 rings (SSSR count). The smallest absolute Gasteiger partial charge is 0.338 e. The fraction of sp³-hybridized carbons (Fsp3) is 0.351. The van der Waals surface area contributed by atoms with E-state index in [1.165, 1.54) is 96.9 Å². The number of aliphatic hydroxyl groups is 2. The van der Waals surface area contributed by atoms with Crippen molar-refractivity contribution in [3.63, 3.8) is 0 Å². The predicted octanol–water partition coefficient (Wildman–Crippen LogP) is 10.2. The van der Waals surface area contributed by atoms with Crippen LogP contribution in [0.15, 0.2) is 180 Å². The van der Waals surface area contributed by atoms with E-state index in [1.54, 1.807) is 24.6 Å². The van der Waals surface area contributed by atoms with E-state index in [0.717, 1.165) is 24.3 Å². The molecular formula is C57H74O11P2S2. The SMILES string of the molecule is CCCC[P+](CCCC)(CCCC)CCCC.O=C(OCCO)c1cccc(S(=O)(=O)[O-])c1.O=S(=O)([O-])c1ccc(OCCO)cc1.c1ccc([P+](c2ccccc2)(c2ccccc2)c2ccccc2)cc1. The van der Waals surface area contributed by atoms with Gasteiger partial charge < -0.3 is 28.8 Å². The summed E-state index contributed by atoms with van der Waals surface area (Å²) in [6.45, 7) is 8.91. The highest BCUT2D eigenvalue weighted by molar-refractivity contribution is 8.01. The number of carbonyl (C=O) groups is 1. The van der Waals surface area contributed by atoms with Crippen LogP contribution < -0.4 is 26.0 Å². The molecule has 6 aromatic carbocycles. The Morgan fingerprint density at radius 1 is 0.472 bits per heavy atom. The van der Waals surface area contributed by atoms with E-state index in [4.69, 9.17) is 14.9 Å². The molecule has 0 bridgehead atoms. The van der Waals surface area contributed by atoms with E-state index in [9.17, 15) is 30.7 Å². The van der Waals surface area contributed by atoms with Crippen LogP contribution in [0, 0.1) is 0 Å². The van der Waals surface area contributed by atoms with Crippen molar-refractivity contribution < 1.29 is 50.4 Å². The number of benzene rings is 6. The molecule has 0 heterocycles. The third-order valence-electron chi connectivity index (χ3n) is 11.7. The summed E-state index contributed by atoms with van der Waals surface area (Å²) in [7, 11) is -11.4. The summed E-state index contributed by atoms with van der Waals surface area (Å²) < 4.78 is 73.1. The number of carbonyl (C=O) groups excluding carboxylic acids is 1. The maximum atomic E-state index is 11.3. The summed E-state index contributed by atoms with van der Waals surface area (Å²) in [6.07, 6.45) is 17.9. The second-order valence-corrected chi connectivity index (χ2v) is 27.6. The van der Waals surface area contributed by atoms with Crippen molar-refractivity contribution >= 4 is 61.9 Å². The molecule has 0 spiro atoms. The summed E-state index contributed by atoms with van der Waals surface area (Å²) >= 11 is 0. The Bertz CT molecular complexity index is 2420. The zero-order chi connectivity index (χ0) is 52.7. The van der Waals surface area contributed by atoms with Gasteiger partial charge in [-0.15, -0.1) is 0 Å². The van der Waals surface area contributed by atoms with Gasteiger partial charge in [-0.1, -0.05) is 132 Å². The Morgan fingerprint density at radius 3 is 1.15 bits per heavy atom. The Balaban J connectivity index is 0.000000262. The molecule has 0 saturated carbocycles.